The number of amides is 1. The first-order chi connectivity index (χ1) is 9.47. The van der Waals surface area contributed by atoms with Crippen LogP contribution in [0.5, 0.6) is 0 Å². The van der Waals surface area contributed by atoms with Crippen LogP contribution >= 0.6 is 0 Å². The lowest BCUT2D eigenvalue weighted by Crippen LogP contribution is -2.29. The number of nitrogens with two attached hydrogens (primary N) is 1. The molecule has 1 amide bonds. The highest BCUT2D eigenvalue weighted by molar-refractivity contribution is 5.92. The van der Waals surface area contributed by atoms with E-state index in [2.05, 4.69) is 10.4 Å². The molecule has 106 valence electrons. The van der Waals surface area contributed by atoms with Gasteiger partial charge < -0.3 is 16.2 Å². The number of nitrogens with one attached hydrogen (secondary N) is 1. The van der Waals surface area contributed by atoms with Crippen LogP contribution in [0.4, 0.5) is 5.69 Å². The molecule has 0 fully saturated rings. The number of anilines is 1. The van der Waals surface area contributed by atoms with Crippen molar-refractivity contribution in [3.8, 4) is 0 Å². The monoisotopic (exact) mass is 274 g/mol. The minimum atomic E-state index is -0.770. The Morgan fingerprint density at radius 3 is 2.65 bits per heavy atom. The molecule has 2 aromatic rings. The van der Waals surface area contributed by atoms with E-state index in [0.29, 0.717) is 16.9 Å². The van der Waals surface area contributed by atoms with E-state index in [1.165, 1.54) is 4.68 Å². The molecule has 6 heteroatoms. The van der Waals surface area contributed by atoms with Crippen LogP contribution in [0.2, 0.25) is 0 Å². The number of rotatable bonds is 4. The van der Waals surface area contributed by atoms with E-state index in [4.69, 9.17) is 5.73 Å². The molecule has 20 heavy (non-hydrogen) atoms. The van der Waals surface area contributed by atoms with E-state index >= 15 is 0 Å². The highest BCUT2D eigenvalue weighted by Crippen LogP contribution is 2.14. The second-order valence-corrected chi connectivity index (χ2v) is 4.69. The van der Waals surface area contributed by atoms with Crippen LogP contribution in [-0.4, -0.2) is 27.3 Å². The summed E-state index contributed by atoms with van der Waals surface area (Å²) in [7, 11) is 1.71. The van der Waals surface area contributed by atoms with Gasteiger partial charge in [-0.1, -0.05) is 12.1 Å². The Hall–Kier alpha value is -2.34. The summed E-state index contributed by atoms with van der Waals surface area (Å²) >= 11 is 0. The third-order valence-corrected chi connectivity index (χ3v) is 3.01. The number of carbonyl (C=O) groups excluding carboxylic acids is 1. The zero-order valence-corrected chi connectivity index (χ0v) is 11.5. The predicted molar refractivity (Wildman–Crippen MR) is 76.1 cm³/mol. The van der Waals surface area contributed by atoms with Crippen molar-refractivity contribution in [2.45, 2.75) is 13.0 Å². The maximum Gasteiger partial charge on any atom is 0.269 e. The topological polar surface area (TPSA) is 93.2 Å². The van der Waals surface area contributed by atoms with Crippen LogP contribution in [0.3, 0.4) is 0 Å². The molecule has 0 saturated heterocycles. The zero-order valence-electron chi connectivity index (χ0n) is 11.5. The number of hydrogen-bond acceptors (Lipinski definition) is 4. The second-order valence-electron chi connectivity index (χ2n) is 4.69. The zero-order chi connectivity index (χ0) is 14.7. The summed E-state index contributed by atoms with van der Waals surface area (Å²) in [5.41, 5.74) is 8.17. The summed E-state index contributed by atoms with van der Waals surface area (Å²) in [6.07, 6.45) is -0.770. The third kappa shape index (κ3) is 3.16. The Bertz CT molecular complexity index is 604. The number of benzene rings is 1. The number of aryl methyl sites for hydroxylation is 2. The van der Waals surface area contributed by atoms with Gasteiger partial charge in [-0.25, -0.2) is 0 Å². The molecule has 1 aromatic carbocycles. The SMILES string of the molecule is Cc1cc(C(=O)NCC(O)c2ccc(N)cc2)n(C)n1. The number of hydrogen-bond donors (Lipinski definition) is 3. The number of aliphatic hydroxyl groups is 1. The number of aliphatic hydroxyl groups excluding tert-OH is 1. The maximum absolute atomic E-state index is 12.0. The Balaban J connectivity index is 1.96. The van der Waals surface area contributed by atoms with Gasteiger partial charge in [0, 0.05) is 19.3 Å². The van der Waals surface area contributed by atoms with Crippen molar-refractivity contribution in [1.82, 2.24) is 15.1 Å². The predicted octanol–water partition coefficient (Wildman–Crippen LogP) is 0.774. The van der Waals surface area contributed by atoms with Crippen molar-refractivity contribution in [2.24, 2.45) is 7.05 Å². The normalized spacial score (nSPS) is 12.2. The van der Waals surface area contributed by atoms with Gasteiger partial charge in [0.25, 0.3) is 5.91 Å². The van der Waals surface area contributed by atoms with Gasteiger partial charge in [-0.05, 0) is 30.7 Å². The largest absolute Gasteiger partial charge is 0.399 e. The van der Waals surface area contributed by atoms with Gasteiger partial charge in [-0.2, -0.15) is 5.10 Å². The van der Waals surface area contributed by atoms with E-state index in [-0.39, 0.29) is 12.5 Å². The standard InChI is InChI=1S/C14H18N4O2/c1-9-7-12(18(2)17-9)14(20)16-8-13(19)10-3-5-11(15)6-4-10/h3-7,13,19H,8,15H2,1-2H3,(H,16,20). The quantitative estimate of drug-likeness (QED) is 0.718. The molecule has 1 atom stereocenters. The average Bonchev–Trinajstić information content (AvgIpc) is 2.75. The molecule has 6 nitrogen and oxygen atoms in total. The number of carbonyl (C=O) groups is 1. The van der Waals surface area contributed by atoms with E-state index in [9.17, 15) is 9.90 Å². The molecule has 4 N–H and O–H groups in total. The number of nitrogen functional groups attached to an aromatic ring is 1. The first-order valence-electron chi connectivity index (χ1n) is 6.29. The van der Waals surface area contributed by atoms with Crippen molar-refractivity contribution >= 4 is 11.6 Å². The summed E-state index contributed by atoms with van der Waals surface area (Å²) in [6, 6.07) is 8.60. The van der Waals surface area contributed by atoms with E-state index < -0.39 is 6.10 Å². The number of aromatic nitrogens is 2. The molecule has 0 radical (unpaired) electrons. The molecule has 0 aliphatic carbocycles. The van der Waals surface area contributed by atoms with Crippen molar-refractivity contribution < 1.29 is 9.90 Å². The fourth-order valence-electron chi connectivity index (χ4n) is 1.94. The molecule has 0 saturated carbocycles. The minimum absolute atomic E-state index is 0.132. The van der Waals surface area contributed by atoms with Crippen molar-refractivity contribution in [3.05, 3.63) is 47.3 Å². The molecule has 0 aliphatic heterocycles. The fourth-order valence-corrected chi connectivity index (χ4v) is 1.94. The number of nitrogens with zero attached hydrogens (tertiary/aromatic N) is 2. The fraction of sp³-hybridized carbons (Fsp3) is 0.286. The van der Waals surface area contributed by atoms with Gasteiger partial charge >= 0.3 is 0 Å². The molecule has 1 aromatic heterocycles. The van der Waals surface area contributed by atoms with Gasteiger partial charge in [0.2, 0.25) is 0 Å². The Morgan fingerprint density at radius 1 is 1.45 bits per heavy atom. The molecule has 1 heterocycles. The average molecular weight is 274 g/mol. The van der Waals surface area contributed by atoms with Crippen LogP contribution in [-0.2, 0) is 7.05 Å². The molecule has 0 bridgehead atoms. The van der Waals surface area contributed by atoms with Crippen LogP contribution < -0.4 is 11.1 Å². The summed E-state index contributed by atoms with van der Waals surface area (Å²) in [5, 5.41) is 16.8. The molecular weight excluding hydrogens is 256 g/mol. The van der Waals surface area contributed by atoms with Crippen molar-refractivity contribution in [3.63, 3.8) is 0 Å². The maximum atomic E-state index is 12.0. The molecule has 0 aliphatic rings. The van der Waals surface area contributed by atoms with Crippen LogP contribution in [0, 0.1) is 6.92 Å². The minimum Gasteiger partial charge on any atom is -0.399 e. The lowest BCUT2D eigenvalue weighted by molar-refractivity contribution is 0.0907. The van der Waals surface area contributed by atoms with Gasteiger partial charge in [0.1, 0.15) is 5.69 Å². The summed E-state index contributed by atoms with van der Waals surface area (Å²) in [6.45, 7) is 1.95. The Morgan fingerprint density at radius 2 is 2.10 bits per heavy atom. The Kier molecular flexibility index (Phi) is 4.05. The molecule has 2 rings (SSSR count). The van der Waals surface area contributed by atoms with E-state index in [1.807, 2.05) is 6.92 Å². The lowest BCUT2D eigenvalue weighted by atomic mass is 10.1. The molecule has 1 unspecified atom stereocenters. The summed E-state index contributed by atoms with van der Waals surface area (Å²) in [4.78, 5) is 12.0. The van der Waals surface area contributed by atoms with E-state index in [1.54, 1.807) is 37.4 Å². The smallest absolute Gasteiger partial charge is 0.269 e. The van der Waals surface area contributed by atoms with Crippen molar-refractivity contribution in [1.29, 1.82) is 0 Å². The van der Waals surface area contributed by atoms with Crippen LogP contribution in [0.15, 0.2) is 30.3 Å². The summed E-state index contributed by atoms with van der Waals surface area (Å²) in [5.74, 6) is -0.261. The van der Waals surface area contributed by atoms with Gasteiger partial charge in [0.15, 0.2) is 0 Å². The molecular formula is C14H18N4O2. The highest BCUT2D eigenvalue weighted by atomic mass is 16.3. The first kappa shape index (κ1) is 14.1. The van der Waals surface area contributed by atoms with E-state index in [0.717, 1.165) is 5.69 Å². The van der Waals surface area contributed by atoms with Crippen LogP contribution in [0.1, 0.15) is 27.8 Å². The second kappa shape index (κ2) is 5.75. The van der Waals surface area contributed by atoms with Gasteiger partial charge in [-0.3, -0.25) is 9.48 Å². The first-order valence-corrected chi connectivity index (χ1v) is 6.29. The van der Waals surface area contributed by atoms with Gasteiger partial charge in [-0.15, -0.1) is 0 Å². The molecule has 0 spiro atoms. The summed E-state index contributed by atoms with van der Waals surface area (Å²) < 4.78 is 1.51. The lowest BCUT2D eigenvalue weighted by Gasteiger charge is -2.12. The van der Waals surface area contributed by atoms with Gasteiger partial charge in [0.05, 0.1) is 11.8 Å². The Labute approximate surface area is 117 Å². The third-order valence-electron chi connectivity index (χ3n) is 3.01. The highest BCUT2D eigenvalue weighted by Gasteiger charge is 2.14. The van der Waals surface area contributed by atoms with Crippen LogP contribution in [0.25, 0.3) is 0 Å². The van der Waals surface area contributed by atoms with Crippen molar-refractivity contribution in [2.75, 3.05) is 12.3 Å².